The first-order valence-electron chi connectivity index (χ1n) is 6.62. The molecular formula is C14H19ClN2O2. The topological polar surface area (TPSA) is 51.2 Å². The average Bonchev–Trinajstić information content (AvgIpc) is 2.31. The Hall–Kier alpha value is -1.13. The lowest BCUT2D eigenvalue weighted by Gasteiger charge is -2.34. The molecule has 1 N–H and O–H groups in total. The molecule has 4 nitrogen and oxygen atoms in total. The summed E-state index contributed by atoms with van der Waals surface area (Å²) < 4.78 is 5.48. The van der Waals surface area contributed by atoms with Gasteiger partial charge in [-0.1, -0.05) is 11.6 Å². The summed E-state index contributed by atoms with van der Waals surface area (Å²) in [6, 6.07) is 1.83. The van der Waals surface area contributed by atoms with Crippen molar-refractivity contribution >= 4 is 23.2 Å². The smallest absolute Gasteiger partial charge is 0.224 e. The molecule has 1 aliphatic carbocycles. The van der Waals surface area contributed by atoms with Crippen LogP contribution < -0.4 is 5.32 Å². The van der Waals surface area contributed by atoms with Crippen LogP contribution in [0.3, 0.4) is 0 Å². The molecule has 1 heterocycles. The van der Waals surface area contributed by atoms with E-state index in [-0.39, 0.29) is 5.91 Å². The summed E-state index contributed by atoms with van der Waals surface area (Å²) in [4.78, 5) is 15.9. The van der Waals surface area contributed by atoms with Gasteiger partial charge in [0.2, 0.25) is 5.91 Å². The van der Waals surface area contributed by atoms with Gasteiger partial charge in [-0.2, -0.15) is 0 Å². The van der Waals surface area contributed by atoms with E-state index in [9.17, 15) is 4.79 Å². The standard InChI is InChI=1S/C14H19ClN2O2/c1-3-19-11-5-10(6-11)7-13(18)17-12-4-9(2)8-16-14(12)15/h4,8,10-11H,3,5-7H2,1-2H3,(H,17,18). The van der Waals surface area contributed by atoms with Crippen molar-refractivity contribution in [3.63, 3.8) is 0 Å². The molecule has 2 rings (SSSR count). The zero-order chi connectivity index (χ0) is 13.8. The Morgan fingerprint density at radius 1 is 1.58 bits per heavy atom. The molecule has 1 aromatic heterocycles. The minimum atomic E-state index is -0.00533. The van der Waals surface area contributed by atoms with Crippen molar-refractivity contribution in [1.82, 2.24) is 4.98 Å². The predicted molar refractivity (Wildman–Crippen MR) is 75.4 cm³/mol. The Labute approximate surface area is 118 Å². The highest BCUT2D eigenvalue weighted by Crippen LogP contribution is 2.33. The van der Waals surface area contributed by atoms with E-state index in [1.165, 1.54) is 0 Å². The van der Waals surface area contributed by atoms with Gasteiger partial charge in [-0.3, -0.25) is 4.79 Å². The maximum atomic E-state index is 11.9. The molecule has 1 aliphatic rings. The molecule has 1 aromatic rings. The van der Waals surface area contributed by atoms with E-state index in [0.29, 0.717) is 29.3 Å². The summed E-state index contributed by atoms with van der Waals surface area (Å²) in [7, 11) is 0. The zero-order valence-corrected chi connectivity index (χ0v) is 12.0. The average molecular weight is 283 g/mol. The normalized spacial score (nSPS) is 21.8. The van der Waals surface area contributed by atoms with Crippen molar-refractivity contribution in [3.8, 4) is 0 Å². The second-order valence-corrected chi connectivity index (χ2v) is 5.38. The van der Waals surface area contributed by atoms with E-state index in [2.05, 4.69) is 10.3 Å². The number of aryl methyl sites for hydroxylation is 1. The first-order chi connectivity index (χ1) is 9.08. The molecule has 1 saturated carbocycles. The lowest BCUT2D eigenvalue weighted by Crippen LogP contribution is -2.33. The lowest BCUT2D eigenvalue weighted by atomic mass is 9.80. The Morgan fingerprint density at radius 3 is 3.00 bits per heavy atom. The SMILES string of the molecule is CCOC1CC(CC(=O)Nc2cc(C)cnc2Cl)C1. The second-order valence-electron chi connectivity index (χ2n) is 5.02. The summed E-state index contributed by atoms with van der Waals surface area (Å²) in [6.07, 6.45) is 4.49. The molecular weight excluding hydrogens is 264 g/mol. The monoisotopic (exact) mass is 282 g/mol. The molecule has 19 heavy (non-hydrogen) atoms. The Bertz CT molecular complexity index is 459. The van der Waals surface area contributed by atoms with E-state index in [1.54, 1.807) is 6.20 Å². The highest BCUT2D eigenvalue weighted by Gasteiger charge is 2.31. The van der Waals surface area contributed by atoms with E-state index in [1.807, 2.05) is 19.9 Å². The molecule has 1 fully saturated rings. The van der Waals surface area contributed by atoms with Crippen LogP contribution in [0.4, 0.5) is 5.69 Å². The fourth-order valence-electron chi connectivity index (χ4n) is 2.32. The fourth-order valence-corrected chi connectivity index (χ4v) is 2.47. The van der Waals surface area contributed by atoms with Crippen LogP contribution in [0, 0.1) is 12.8 Å². The summed E-state index contributed by atoms with van der Waals surface area (Å²) >= 11 is 5.94. The largest absolute Gasteiger partial charge is 0.378 e. The highest BCUT2D eigenvalue weighted by atomic mass is 35.5. The van der Waals surface area contributed by atoms with Crippen LogP contribution in [-0.4, -0.2) is 23.6 Å². The third-order valence-corrected chi connectivity index (χ3v) is 3.62. The van der Waals surface area contributed by atoms with Crippen molar-refractivity contribution in [2.24, 2.45) is 5.92 Å². The number of aromatic nitrogens is 1. The van der Waals surface area contributed by atoms with Crippen LogP contribution in [-0.2, 0) is 9.53 Å². The number of rotatable bonds is 5. The van der Waals surface area contributed by atoms with Gasteiger partial charge in [0.25, 0.3) is 0 Å². The van der Waals surface area contributed by atoms with Crippen LogP contribution >= 0.6 is 11.6 Å². The van der Waals surface area contributed by atoms with Crippen molar-refractivity contribution in [2.75, 3.05) is 11.9 Å². The number of ether oxygens (including phenoxy) is 1. The van der Waals surface area contributed by atoms with Gasteiger partial charge in [0.1, 0.15) is 0 Å². The molecule has 0 aromatic carbocycles. The van der Waals surface area contributed by atoms with E-state index in [4.69, 9.17) is 16.3 Å². The second kappa shape index (κ2) is 6.35. The van der Waals surface area contributed by atoms with Crippen LogP contribution in [0.5, 0.6) is 0 Å². The number of nitrogens with one attached hydrogen (secondary N) is 1. The minimum absolute atomic E-state index is 0.00533. The van der Waals surface area contributed by atoms with Gasteiger partial charge in [0.15, 0.2) is 5.15 Å². The number of amides is 1. The Kier molecular flexibility index (Phi) is 4.77. The van der Waals surface area contributed by atoms with Crippen LogP contribution in [0.1, 0.15) is 31.7 Å². The van der Waals surface area contributed by atoms with Gasteiger partial charge in [-0.25, -0.2) is 4.98 Å². The number of hydrogen-bond acceptors (Lipinski definition) is 3. The van der Waals surface area contributed by atoms with E-state index in [0.717, 1.165) is 25.0 Å². The molecule has 0 atom stereocenters. The van der Waals surface area contributed by atoms with Crippen molar-refractivity contribution in [2.45, 2.75) is 39.2 Å². The van der Waals surface area contributed by atoms with Gasteiger partial charge in [-0.05, 0) is 44.2 Å². The lowest BCUT2D eigenvalue weighted by molar-refractivity contribution is -0.119. The van der Waals surface area contributed by atoms with Gasteiger partial charge in [0.05, 0.1) is 11.8 Å². The fraction of sp³-hybridized carbons (Fsp3) is 0.571. The molecule has 5 heteroatoms. The minimum Gasteiger partial charge on any atom is -0.378 e. The van der Waals surface area contributed by atoms with Crippen molar-refractivity contribution in [3.05, 3.63) is 23.0 Å². The van der Waals surface area contributed by atoms with Crippen molar-refractivity contribution < 1.29 is 9.53 Å². The van der Waals surface area contributed by atoms with Crippen LogP contribution in [0.25, 0.3) is 0 Å². The number of anilines is 1. The summed E-state index contributed by atoms with van der Waals surface area (Å²) in [6.45, 7) is 4.65. The summed E-state index contributed by atoms with van der Waals surface area (Å²) in [5, 5.41) is 3.16. The third-order valence-electron chi connectivity index (χ3n) is 3.32. The third kappa shape index (κ3) is 3.91. The molecule has 0 bridgehead atoms. The molecule has 0 spiro atoms. The Balaban J connectivity index is 1.80. The van der Waals surface area contributed by atoms with Crippen LogP contribution in [0.15, 0.2) is 12.3 Å². The van der Waals surface area contributed by atoms with E-state index >= 15 is 0 Å². The first kappa shape index (κ1) is 14.3. The quantitative estimate of drug-likeness (QED) is 0.844. The van der Waals surface area contributed by atoms with Crippen molar-refractivity contribution in [1.29, 1.82) is 0 Å². The van der Waals surface area contributed by atoms with Gasteiger partial charge < -0.3 is 10.1 Å². The molecule has 104 valence electrons. The van der Waals surface area contributed by atoms with Gasteiger partial charge in [-0.15, -0.1) is 0 Å². The molecule has 0 unspecified atom stereocenters. The van der Waals surface area contributed by atoms with E-state index < -0.39 is 0 Å². The maximum absolute atomic E-state index is 11.9. The number of carbonyl (C=O) groups excluding carboxylic acids is 1. The zero-order valence-electron chi connectivity index (χ0n) is 11.3. The number of carbonyl (C=O) groups is 1. The molecule has 0 aliphatic heterocycles. The summed E-state index contributed by atoms with van der Waals surface area (Å²) in [5.41, 5.74) is 1.56. The Morgan fingerprint density at radius 2 is 2.32 bits per heavy atom. The number of nitrogens with zero attached hydrogens (tertiary/aromatic N) is 1. The molecule has 0 radical (unpaired) electrons. The van der Waals surface area contributed by atoms with Gasteiger partial charge >= 0.3 is 0 Å². The van der Waals surface area contributed by atoms with Crippen LogP contribution in [0.2, 0.25) is 5.15 Å². The number of pyridine rings is 1. The molecule has 1 amide bonds. The number of halogens is 1. The maximum Gasteiger partial charge on any atom is 0.224 e. The number of hydrogen-bond donors (Lipinski definition) is 1. The highest BCUT2D eigenvalue weighted by molar-refractivity contribution is 6.32. The predicted octanol–water partition coefficient (Wildman–Crippen LogP) is 3.19. The molecule has 0 saturated heterocycles. The summed E-state index contributed by atoms with van der Waals surface area (Å²) in [5.74, 6) is 0.419. The van der Waals surface area contributed by atoms with Gasteiger partial charge in [0, 0.05) is 19.2 Å². The first-order valence-corrected chi connectivity index (χ1v) is 7.00.